The number of rotatable bonds is 7. The van der Waals surface area contributed by atoms with E-state index in [4.69, 9.17) is 4.74 Å². The van der Waals surface area contributed by atoms with Crippen LogP contribution in [0.2, 0.25) is 0 Å². The maximum Gasteiger partial charge on any atom is 0.408 e. The molecule has 7 heteroatoms. The smallest absolute Gasteiger partial charge is 0.408 e. The Balaban J connectivity index is 1.90. The van der Waals surface area contributed by atoms with E-state index in [1.807, 2.05) is 44.2 Å². The van der Waals surface area contributed by atoms with E-state index >= 15 is 0 Å². The van der Waals surface area contributed by atoms with Gasteiger partial charge in [-0.2, -0.15) is 0 Å². The fourth-order valence-corrected chi connectivity index (χ4v) is 3.09. The molecule has 1 heterocycles. The first-order chi connectivity index (χ1) is 13.0. The first-order valence-corrected chi connectivity index (χ1v) is 9.62. The molecule has 0 spiro atoms. The van der Waals surface area contributed by atoms with Gasteiger partial charge in [0.15, 0.2) is 0 Å². The maximum absolute atomic E-state index is 12.7. The Morgan fingerprint density at radius 2 is 2.04 bits per heavy atom. The van der Waals surface area contributed by atoms with Crippen LogP contribution in [0.4, 0.5) is 4.79 Å². The lowest BCUT2D eigenvalue weighted by Gasteiger charge is -2.26. The van der Waals surface area contributed by atoms with Crippen LogP contribution in [0.1, 0.15) is 38.7 Å². The van der Waals surface area contributed by atoms with Gasteiger partial charge in [-0.1, -0.05) is 44.2 Å². The van der Waals surface area contributed by atoms with Gasteiger partial charge in [0.25, 0.3) is 0 Å². The van der Waals surface area contributed by atoms with Crippen LogP contribution in [-0.4, -0.2) is 48.4 Å². The fourth-order valence-electron chi connectivity index (χ4n) is 3.09. The van der Waals surface area contributed by atoms with Crippen molar-refractivity contribution in [3.05, 3.63) is 35.9 Å². The van der Waals surface area contributed by atoms with Crippen LogP contribution < -0.4 is 16.0 Å². The zero-order chi connectivity index (χ0) is 19.6. The number of benzene rings is 1. The molecule has 2 rings (SSSR count). The number of carbonyl (C=O) groups excluding carboxylic acids is 2. The topological polar surface area (TPSA) is 99.7 Å². The SMILES string of the molecule is CC(C)CC(NC(=O)OCc1ccccc1)C(=O)NC1CCCNCC1O. The van der Waals surface area contributed by atoms with Gasteiger partial charge < -0.3 is 25.8 Å². The van der Waals surface area contributed by atoms with E-state index in [0.717, 1.165) is 18.5 Å². The molecule has 3 unspecified atom stereocenters. The number of hydrogen-bond acceptors (Lipinski definition) is 5. The van der Waals surface area contributed by atoms with Crippen molar-refractivity contribution >= 4 is 12.0 Å². The van der Waals surface area contributed by atoms with Crippen LogP contribution in [-0.2, 0) is 16.1 Å². The van der Waals surface area contributed by atoms with Crippen molar-refractivity contribution in [1.29, 1.82) is 0 Å². The standard InChI is InChI=1S/C20H31N3O4/c1-14(2)11-17(19(25)22-16-9-6-10-21-12-18(16)24)23-20(26)27-13-15-7-4-3-5-8-15/h3-5,7-8,14,16-18,21,24H,6,9-13H2,1-2H3,(H,22,25)(H,23,26). The molecule has 0 aromatic heterocycles. The van der Waals surface area contributed by atoms with Gasteiger partial charge >= 0.3 is 6.09 Å². The number of amides is 2. The van der Waals surface area contributed by atoms with Crippen LogP contribution in [0.3, 0.4) is 0 Å². The minimum absolute atomic E-state index is 0.149. The van der Waals surface area contributed by atoms with Crippen LogP contribution in [0.5, 0.6) is 0 Å². The van der Waals surface area contributed by atoms with E-state index in [9.17, 15) is 14.7 Å². The second-order valence-corrected chi connectivity index (χ2v) is 7.42. The van der Waals surface area contributed by atoms with Crippen LogP contribution in [0.25, 0.3) is 0 Å². The first kappa shape index (κ1) is 21.2. The highest BCUT2D eigenvalue weighted by atomic mass is 16.5. The summed E-state index contributed by atoms with van der Waals surface area (Å²) in [7, 11) is 0. The molecule has 1 aliphatic heterocycles. The highest BCUT2D eigenvalue weighted by Crippen LogP contribution is 2.10. The van der Waals surface area contributed by atoms with Crippen LogP contribution in [0, 0.1) is 5.92 Å². The van der Waals surface area contributed by atoms with E-state index in [0.29, 0.717) is 19.4 Å². The van der Waals surface area contributed by atoms with Gasteiger partial charge in [0, 0.05) is 6.54 Å². The Kier molecular flexibility index (Phi) is 8.54. The average molecular weight is 377 g/mol. The molecule has 0 radical (unpaired) electrons. The molecular weight excluding hydrogens is 346 g/mol. The van der Waals surface area contributed by atoms with Gasteiger partial charge in [-0.3, -0.25) is 4.79 Å². The van der Waals surface area contributed by atoms with Crippen molar-refractivity contribution < 1.29 is 19.4 Å². The summed E-state index contributed by atoms with van der Waals surface area (Å²) in [5, 5.41) is 18.9. The Bertz CT molecular complexity index is 594. The molecular formula is C20H31N3O4. The maximum atomic E-state index is 12.7. The van der Waals surface area contributed by atoms with E-state index in [1.165, 1.54) is 0 Å². The predicted octanol–water partition coefficient (Wildman–Crippen LogP) is 1.56. The van der Waals surface area contributed by atoms with Gasteiger partial charge in [0.05, 0.1) is 12.1 Å². The van der Waals surface area contributed by atoms with Crippen molar-refractivity contribution in [2.24, 2.45) is 5.92 Å². The van der Waals surface area contributed by atoms with Gasteiger partial charge in [0.1, 0.15) is 12.6 Å². The van der Waals surface area contributed by atoms with Gasteiger partial charge in [-0.25, -0.2) is 4.79 Å². The van der Waals surface area contributed by atoms with Crippen molar-refractivity contribution in [1.82, 2.24) is 16.0 Å². The van der Waals surface area contributed by atoms with Gasteiger partial charge in [-0.05, 0) is 37.3 Å². The molecule has 1 aliphatic rings. The van der Waals surface area contributed by atoms with Crippen molar-refractivity contribution in [3.63, 3.8) is 0 Å². The van der Waals surface area contributed by atoms with Gasteiger partial charge in [0.2, 0.25) is 5.91 Å². The molecule has 1 aromatic rings. The van der Waals surface area contributed by atoms with Crippen LogP contribution >= 0.6 is 0 Å². The lowest BCUT2D eigenvalue weighted by molar-refractivity contribution is -0.125. The summed E-state index contributed by atoms with van der Waals surface area (Å²) in [6.45, 7) is 5.40. The molecule has 150 valence electrons. The number of alkyl carbamates (subject to hydrolysis) is 1. The predicted molar refractivity (Wildman–Crippen MR) is 103 cm³/mol. The monoisotopic (exact) mass is 377 g/mol. The highest BCUT2D eigenvalue weighted by Gasteiger charge is 2.28. The summed E-state index contributed by atoms with van der Waals surface area (Å²) in [5.74, 6) is -0.0674. The largest absolute Gasteiger partial charge is 0.445 e. The third-order valence-corrected chi connectivity index (χ3v) is 4.54. The summed E-state index contributed by atoms with van der Waals surface area (Å²) in [5.41, 5.74) is 0.881. The van der Waals surface area contributed by atoms with E-state index in [-0.39, 0.29) is 24.5 Å². The summed E-state index contributed by atoms with van der Waals surface area (Å²) in [6, 6.07) is 8.36. The summed E-state index contributed by atoms with van der Waals surface area (Å²) >= 11 is 0. The second-order valence-electron chi connectivity index (χ2n) is 7.42. The van der Waals surface area contributed by atoms with E-state index < -0.39 is 18.2 Å². The Hall–Kier alpha value is -2.12. The minimum Gasteiger partial charge on any atom is -0.445 e. The minimum atomic E-state index is -0.698. The number of β-amino-alcohol motifs (C(OH)–C–C–N with tert-alkyl or cyclic N) is 1. The Labute approximate surface area is 160 Å². The number of carbonyl (C=O) groups is 2. The van der Waals surface area contributed by atoms with E-state index in [2.05, 4.69) is 16.0 Å². The summed E-state index contributed by atoms with van der Waals surface area (Å²) < 4.78 is 5.23. The Morgan fingerprint density at radius 3 is 2.74 bits per heavy atom. The number of nitrogens with one attached hydrogen (secondary N) is 3. The molecule has 0 bridgehead atoms. The zero-order valence-electron chi connectivity index (χ0n) is 16.1. The quantitative estimate of drug-likeness (QED) is 0.578. The highest BCUT2D eigenvalue weighted by molar-refractivity contribution is 5.85. The van der Waals surface area contributed by atoms with Crippen molar-refractivity contribution in [2.75, 3.05) is 13.1 Å². The molecule has 3 atom stereocenters. The molecule has 0 aliphatic carbocycles. The number of ether oxygens (including phenoxy) is 1. The average Bonchev–Trinajstić information content (AvgIpc) is 2.84. The first-order valence-electron chi connectivity index (χ1n) is 9.62. The lowest BCUT2D eigenvalue weighted by Crippen LogP contribution is -2.53. The number of aliphatic hydroxyl groups excluding tert-OH is 1. The third kappa shape index (κ3) is 7.56. The normalized spacial score (nSPS) is 21.2. The van der Waals surface area contributed by atoms with Crippen molar-refractivity contribution in [3.8, 4) is 0 Å². The molecule has 2 amide bonds. The number of hydrogen-bond donors (Lipinski definition) is 4. The molecule has 1 fully saturated rings. The third-order valence-electron chi connectivity index (χ3n) is 4.54. The Morgan fingerprint density at radius 1 is 1.30 bits per heavy atom. The fraction of sp³-hybridized carbons (Fsp3) is 0.600. The lowest BCUT2D eigenvalue weighted by atomic mass is 10.0. The van der Waals surface area contributed by atoms with Gasteiger partial charge in [-0.15, -0.1) is 0 Å². The second kappa shape index (κ2) is 10.9. The summed E-state index contributed by atoms with van der Waals surface area (Å²) in [4.78, 5) is 24.9. The van der Waals surface area contributed by atoms with E-state index in [1.54, 1.807) is 0 Å². The molecule has 1 aromatic carbocycles. The molecule has 4 N–H and O–H groups in total. The molecule has 27 heavy (non-hydrogen) atoms. The molecule has 1 saturated heterocycles. The molecule has 7 nitrogen and oxygen atoms in total. The summed E-state index contributed by atoms with van der Waals surface area (Å²) in [6.07, 6.45) is 0.813. The van der Waals surface area contributed by atoms with Crippen molar-refractivity contribution in [2.45, 2.75) is 57.9 Å². The molecule has 0 saturated carbocycles. The van der Waals surface area contributed by atoms with Crippen LogP contribution in [0.15, 0.2) is 30.3 Å². The zero-order valence-corrected chi connectivity index (χ0v) is 16.1. The number of aliphatic hydroxyl groups is 1.